The minimum absolute atomic E-state index is 0.200. The van der Waals surface area contributed by atoms with E-state index in [2.05, 4.69) is 15.0 Å². The molecule has 0 spiro atoms. The zero-order valence-electron chi connectivity index (χ0n) is 19.3. The molecule has 0 saturated carbocycles. The minimum Gasteiger partial charge on any atom is -0.329 e. The van der Waals surface area contributed by atoms with Crippen LogP contribution in [0.25, 0.3) is 11.0 Å². The second-order valence-corrected chi connectivity index (χ2v) is 7.95. The molecule has 2 N–H and O–H groups in total. The molecular formula is C25H27N7O2. The van der Waals surface area contributed by atoms with Crippen molar-refractivity contribution in [2.45, 2.75) is 32.9 Å². The number of rotatable bonds is 8. The summed E-state index contributed by atoms with van der Waals surface area (Å²) in [4.78, 5) is 46.1. The van der Waals surface area contributed by atoms with Gasteiger partial charge in [-0.1, -0.05) is 37.3 Å². The molecule has 174 valence electrons. The molecule has 1 atom stereocenters. The standard InChI is InChI=1S/C25H27N7O2/c1-3-21(31(13-11-26)24(33)19-14-28-17(2)29-15-19)23-30-22-20(10-7-12-27-22)25(34)32(23)16-18-8-5-4-6-9-18/h4-10,12,14-15,21H,3,11,13,16,26H2,1-2H3. The molecule has 1 aromatic carbocycles. The fourth-order valence-corrected chi connectivity index (χ4v) is 3.99. The lowest BCUT2D eigenvalue weighted by molar-refractivity contribution is 0.0663. The van der Waals surface area contributed by atoms with Crippen LogP contribution < -0.4 is 11.3 Å². The van der Waals surface area contributed by atoms with Crippen molar-refractivity contribution in [3.05, 3.63) is 94.2 Å². The van der Waals surface area contributed by atoms with Crippen LogP contribution in [0.4, 0.5) is 0 Å². The van der Waals surface area contributed by atoms with Crippen LogP contribution in [0.15, 0.2) is 65.8 Å². The average Bonchev–Trinajstić information content (AvgIpc) is 2.87. The lowest BCUT2D eigenvalue weighted by Crippen LogP contribution is -2.41. The minimum atomic E-state index is -0.500. The first-order valence-electron chi connectivity index (χ1n) is 11.2. The predicted molar refractivity (Wildman–Crippen MR) is 129 cm³/mol. The highest BCUT2D eigenvalue weighted by atomic mass is 16.2. The SMILES string of the molecule is CCC(c1nc2ncccc2c(=O)n1Cc1ccccc1)N(CCN)C(=O)c1cnc(C)nc1. The molecule has 4 rings (SSSR count). The number of nitrogens with two attached hydrogens (primary N) is 1. The van der Waals surface area contributed by atoms with E-state index in [0.29, 0.717) is 41.2 Å². The van der Waals surface area contributed by atoms with Gasteiger partial charge >= 0.3 is 0 Å². The van der Waals surface area contributed by atoms with Crippen molar-refractivity contribution in [3.63, 3.8) is 0 Å². The molecule has 0 bridgehead atoms. The van der Waals surface area contributed by atoms with Crippen LogP contribution in [-0.4, -0.2) is 48.4 Å². The van der Waals surface area contributed by atoms with Gasteiger partial charge < -0.3 is 10.6 Å². The van der Waals surface area contributed by atoms with E-state index in [9.17, 15) is 9.59 Å². The highest BCUT2D eigenvalue weighted by Crippen LogP contribution is 2.25. The summed E-state index contributed by atoms with van der Waals surface area (Å²) in [5.74, 6) is 0.782. The molecule has 34 heavy (non-hydrogen) atoms. The summed E-state index contributed by atoms with van der Waals surface area (Å²) < 4.78 is 1.63. The summed E-state index contributed by atoms with van der Waals surface area (Å²) in [7, 11) is 0. The van der Waals surface area contributed by atoms with E-state index in [-0.39, 0.29) is 24.6 Å². The van der Waals surface area contributed by atoms with Gasteiger partial charge in [-0.25, -0.2) is 19.9 Å². The second-order valence-electron chi connectivity index (χ2n) is 7.95. The van der Waals surface area contributed by atoms with Gasteiger partial charge in [0.15, 0.2) is 5.65 Å². The van der Waals surface area contributed by atoms with Gasteiger partial charge in [0, 0.05) is 31.7 Å². The summed E-state index contributed by atoms with van der Waals surface area (Å²) in [6.45, 7) is 4.57. The Bertz CT molecular complexity index is 1340. The Kier molecular flexibility index (Phi) is 7.03. The Labute approximate surface area is 197 Å². The number of benzene rings is 1. The van der Waals surface area contributed by atoms with E-state index in [1.165, 1.54) is 12.4 Å². The highest BCUT2D eigenvalue weighted by Gasteiger charge is 2.29. The predicted octanol–water partition coefficient (Wildman–Crippen LogP) is 2.49. The van der Waals surface area contributed by atoms with E-state index in [4.69, 9.17) is 10.7 Å². The van der Waals surface area contributed by atoms with Crippen LogP contribution in [0.3, 0.4) is 0 Å². The molecule has 3 aromatic heterocycles. The molecule has 4 aromatic rings. The zero-order valence-corrected chi connectivity index (χ0v) is 19.3. The number of fused-ring (bicyclic) bond motifs is 1. The van der Waals surface area contributed by atoms with Gasteiger partial charge in [0.05, 0.1) is 23.5 Å². The lowest BCUT2D eigenvalue weighted by atomic mass is 10.1. The Morgan fingerprint density at radius 1 is 1.09 bits per heavy atom. The van der Waals surface area contributed by atoms with Gasteiger partial charge in [0.25, 0.3) is 11.5 Å². The molecule has 9 heteroatoms. The number of carbonyl (C=O) groups excluding carboxylic acids is 1. The van der Waals surface area contributed by atoms with Crippen LogP contribution >= 0.6 is 0 Å². The number of hydrogen-bond donors (Lipinski definition) is 1. The summed E-state index contributed by atoms with van der Waals surface area (Å²) >= 11 is 0. The van der Waals surface area contributed by atoms with E-state index >= 15 is 0 Å². The highest BCUT2D eigenvalue weighted by molar-refractivity contribution is 5.94. The number of pyridine rings is 1. The van der Waals surface area contributed by atoms with Crippen molar-refractivity contribution in [3.8, 4) is 0 Å². The van der Waals surface area contributed by atoms with Gasteiger partial charge in [-0.2, -0.15) is 0 Å². The van der Waals surface area contributed by atoms with Crippen LogP contribution in [-0.2, 0) is 6.54 Å². The molecule has 0 radical (unpaired) electrons. The van der Waals surface area contributed by atoms with E-state index < -0.39 is 6.04 Å². The third-order valence-electron chi connectivity index (χ3n) is 5.66. The molecule has 0 aliphatic heterocycles. The maximum Gasteiger partial charge on any atom is 0.263 e. The lowest BCUT2D eigenvalue weighted by Gasteiger charge is -2.32. The third kappa shape index (κ3) is 4.69. The second kappa shape index (κ2) is 10.3. The number of nitrogens with zero attached hydrogens (tertiary/aromatic N) is 6. The number of hydrogen-bond acceptors (Lipinski definition) is 7. The summed E-state index contributed by atoms with van der Waals surface area (Å²) in [5.41, 5.74) is 7.35. The summed E-state index contributed by atoms with van der Waals surface area (Å²) in [6.07, 6.45) is 5.15. The number of aryl methyl sites for hydroxylation is 1. The van der Waals surface area contributed by atoms with Gasteiger partial charge in [-0.3, -0.25) is 14.2 Å². The van der Waals surface area contributed by atoms with Crippen LogP contribution in [0.1, 0.15) is 47.0 Å². The van der Waals surface area contributed by atoms with E-state index in [1.54, 1.807) is 34.7 Å². The van der Waals surface area contributed by atoms with Crippen molar-refractivity contribution in [2.75, 3.05) is 13.1 Å². The molecule has 0 fully saturated rings. The normalized spacial score (nSPS) is 12.0. The van der Waals surface area contributed by atoms with Gasteiger partial charge in [0.1, 0.15) is 11.6 Å². The van der Waals surface area contributed by atoms with Gasteiger partial charge in [0.2, 0.25) is 0 Å². The Morgan fingerprint density at radius 3 is 2.50 bits per heavy atom. The molecule has 1 unspecified atom stereocenters. The molecule has 0 aliphatic rings. The van der Waals surface area contributed by atoms with Crippen LogP contribution in [0, 0.1) is 6.92 Å². The summed E-state index contributed by atoms with van der Waals surface area (Å²) in [5, 5.41) is 0.431. The van der Waals surface area contributed by atoms with Crippen molar-refractivity contribution in [2.24, 2.45) is 5.73 Å². The van der Waals surface area contributed by atoms with Gasteiger partial charge in [-0.15, -0.1) is 0 Å². The Morgan fingerprint density at radius 2 is 1.82 bits per heavy atom. The smallest absolute Gasteiger partial charge is 0.263 e. The summed E-state index contributed by atoms with van der Waals surface area (Å²) in [6, 6.07) is 12.6. The Balaban J connectivity index is 1.87. The fourth-order valence-electron chi connectivity index (χ4n) is 3.99. The number of amides is 1. The first-order valence-corrected chi connectivity index (χ1v) is 11.2. The molecule has 0 saturated heterocycles. The third-order valence-corrected chi connectivity index (χ3v) is 5.66. The van der Waals surface area contributed by atoms with Crippen LogP contribution in [0.5, 0.6) is 0 Å². The van der Waals surface area contributed by atoms with Crippen molar-refractivity contribution in [1.29, 1.82) is 0 Å². The van der Waals surface area contributed by atoms with E-state index in [0.717, 1.165) is 5.56 Å². The maximum absolute atomic E-state index is 13.6. The molecule has 0 aliphatic carbocycles. The topological polar surface area (TPSA) is 120 Å². The monoisotopic (exact) mass is 457 g/mol. The molecular weight excluding hydrogens is 430 g/mol. The maximum atomic E-state index is 13.6. The first kappa shape index (κ1) is 23.2. The molecule has 9 nitrogen and oxygen atoms in total. The number of aromatic nitrogens is 5. The zero-order chi connectivity index (χ0) is 24.1. The molecule has 1 amide bonds. The quantitative estimate of drug-likeness (QED) is 0.432. The van der Waals surface area contributed by atoms with Gasteiger partial charge in [-0.05, 0) is 31.0 Å². The van der Waals surface area contributed by atoms with Crippen molar-refractivity contribution >= 4 is 16.9 Å². The number of carbonyl (C=O) groups is 1. The molecule has 3 heterocycles. The van der Waals surface area contributed by atoms with E-state index in [1.807, 2.05) is 37.3 Å². The fraction of sp³-hybridized carbons (Fsp3) is 0.280. The Hall–Kier alpha value is -3.98. The first-order chi connectivity index (χ1) is 16.5. The van der Waals surface area contributed by atoms with Crippen molar-refractivity contribution in [1.82, 2.24) is 29.4 Å². The largest absolute Gasteiger partial charge is 0.329 e. The van der Waals surface area contributed by atoms with Crippen LogP contribution in [0.2, 0.25) is 0 Å². The van der Waals surface area contributed by atoms with Crippen molar-refractivity contribution < 1.29 is 4.79 Å². The average molecular weight is 458 g/mol.